The summed E-state index contributed by atoms with van der Waals surface area (Å²) in [5.74, 6) is 0.229. The van der Waals surface area contributed by atoms with Gasteiger partial charge in [0.1, 0.15) is 0 Å². The minimum absolute atomic E-state index is 0.0288. The summed E-state index contributed by atoms with van der Waals surface area (Å²) in [4.78, 5) is 23.5. The van der Waals surface area contributed by atoms with Gasteiger partial charge in [-0.25, -0.2) is 0 Å². The molecule has 0 saturated heterocycles. The van der Waals surface area contributed by atoms with Gasteiger partial charge in [0.15, 0.2) is 0 Å². The molecule has 0 bridgehead atoms. The van der Waals surface area contributed by atoms with Gasteiger partial charge in [0.05, 0.1) is 0 Å². The Bertz CT molecular complexity index is 185. The maximum atomic E-state index is 11.2. The largest absolute Gasteiger partial charge is 0.359 e. The minimum atomic E-state index is -0.0643. The van der Waals surface area contributed by atoms with Crippen molar-refractivity contribution in [3.8, 4) is 0 Å². The molecule has 0 aromatic carbocycles. The number of nitrogens with zero attached hydrogens (tertiary/aromatic N) is 1. The number of carbonyl (C=O) groups excluding carboxylic acids is 2. The van der Waals surface area contributed by atoms with Crippen molar-refractivity contribution < 1.29 is 9.59 Å². The molecule has 5 heteroatoms. The maximum Gasteiger partial charge on any atom is 0.223 e. The van der Waals surface area contributed by atoms with E-state index in [0.717, 1.165) is 0 Å². The first-order chi connectivity index (χ1) is 6.11. The first-order valence-corrected chi connectivity index (χ1v) is 4.65. The van der Waals surface area contributed by atoms with Gasteiger partial charge < -0.3 is 10.2 Å². The van der Waals surface area contributed by atoms with E-state index >= 15 is 0 Å². The molecule has 0 atom stereocenters. The van der Waals surface area contributed by atoms with E-state index in [1.807, 2.05) is 0 Å². The van der Waals surface area contributed by atoms with Gasteiger partial charge >= 0.3 is 0 Å². The molecule has 0 saturated carbocycles. The van der Waals surface area contributed by atoms with E-state index < -0.39 is 0 Å². The van der Waals surface area contributed by atoms with E-state index in [4.69, 9.17) is 11.6 Å². The van der Waals surface area contributed by atoms with Crippen molar-refractivity contribution in [2.24, 2.45) is 0 Å². The summed E-state index contributed by atoms with van der Waals surface area (Å²) in [5.41, 5.74) is 0. The molecule has 0 spiro atoms. The van der Waals surface area contributed by atoms with E-state index in [9.17, 15) is 9.59 Å². The molecular weight excluding hydrogens is 192 g/mol. The molecule has 1 N–H and O–H groups in total. The van der Waals surface area contributed by atoms with E-state index in [1.165, 1.54) is 4.90 Å². The monoisotopic (exact) mass is 206 g/mol. The lowest BCUT2D eigenvalue weighted by Gasteiger charge is -2.15. The molecule has 13 heavy (non-hydrogen) atoms. The van der Waals surface area contributed by atoms with Crippen LogP contribution in [0.2, 0.25) is 0 Å². The Kier molecular flexibility index (Phi) is 6.32. The number of hydrogen-bond acceptors (Lipinski definition) is 2. The van der Waals surface area contributed by atoms with Crippen LogP contribution in [0, 0.1) is 0 Å². The normalized spacial score (nSPS) is 9.46. The van der Waals surface area contributed by atoms with Crippen LogP contribution in [0.4, 0.5) is 0 Å². The van der Waals surface area contributed by atoms with Crippen molar-refractivity contribution in [1.29, 1.82) is 0 Å². The predicted octanol–water partition coefficient (Wildman–Crippen LogP) is 0.210. The molecule has 0 aromatic heterocycles. The smallest absolute Gasteiger partial charge is 0.223 e. The summed E-state index contributed by atoms with van der Waals surface area (Å²) in [6.45, 7) is 0.440. The van der Waals surface area contributed by atoms with Crippen molar-refractivity contribution in [3.05, 3.63) is 0 Å². The van der Waals surface area contributed by atoms with Crippen molar-refractivity contribution >= 4 is 23.4 Å². The van der Waals surface area contributed by atoms with Gasteiger partial charge in [-0.15, -0.1) is 11.6 Å². The van der Waals surface area contributed by atoms with E-state index in [1.54, 1.807) is 14.1 Å². The number of hydrogen-bond donors (Lipinski definition) is 1. The highest BCUT2D eigenvalue weighted by Crippen LogP contribution is 1.94. The fraction of sp³-hybridized carbons (Fsp3) is 0.750. The fourth-order valence-corrected chi connectivity index (χ4v) is 0.952. The standard InChI is InChI=1S/C8H15ClN2O2/c1-10-7(12)4-6-11(2)8(13)3-5-9/h3-6H2,1-2H3,(H,10,12). The van der Waals surface area contributed by atoms with Gasteiger partial charge in [-0.3, -0.25) is 9.59 Å². The maximum absolute atomic E-state index is 11.2. The van der Waals surface area contributed by atoms with Crippen LogP contribution < -0.4 is 5.32 Å². The lowest BCUT2D eigenvalue weighted by atomic mass is 10.3. The SMILES string of the molecule is CNC(=O)CCN(C)C(=O)CCCl. The summed E-state index contributed by atoms with van der Waals surface area (Å²) in [7, 11) is 3.24. The second kappa shape index (κ2) is 6.71. The summed E-state index contributed by atoms with van der Waals surface area (Å²) in [6.07, 6.45) is 0.660. The molecule has 76 valence electrons. The molecule has 0 aliphatic rings. The lowest BCUT2D eigenvalue weighted by Crippen LogP contribution is -2.31. The highest BCUT2D eigenvalue weighted by molar-refractivity contribution is 6.18. The predicted molar refractivity (Wildman–Crippen MR) is 51.7 cm³/mol. The van der Waals surface area contributed by atoms with Gasteiger partial charge in [-0.1, -0.05) is 0 Å². The molecule has 0 aliphatic heterocycles. The topological polar surface area (TPSA) is 49.4 Å². The summed E-state index contributed by atoms with van der Waals surface area (Å²) >= 11 is 5.40. The summed E-state index contributed by atoms with van der Waals surface area (Å²) in [5, 5.41) is 2.49. The fourth-order valence-electron chi connectivity index (χ4n) is 0.791. The highest BCUT2D eigenvalue weighted by Gasteiger charge is 2.08. The van der Waals surface area contributed by atoms with Gasteiger partial charge in [-0.05, 0) is 0 Å². The lowest BCUT2D eigenvalue weighted by molar-refractivity contribution is -0.130. The van der Waals surface area contributed by atoms with Crippen molar-refractivity contribution in [2.45, 2.75) is 12.8 Å². The molecule has 0 unspecified atom stereocenters. The van der Waals surface area contributed by atoms with Gasteiger partial charge in [0.25, 0.3) is 0 Å². The van der Waals surface area contributed by atoms with Crippen LogP contribution in [-0.2, 0) is 9.59 Å². The second-order valence-electron chi connectivity index (χ2n) is 2.68. The van der Waals surface area contributed by atoms with Crippen LogP contribution >= 0.6 is 11.6 Å². The molecule has 2 amide bonds. The average Bonchev–Trinajstić information content (AvgIpc) is 2.13. The van der Waals surface area contributed by atoms with Gasteiger partial charge in [0, 0.05) is 39.4 Å². The molecule has 0 rings (SSSR count). The zero-order chi connectivity index (χ0) is 10.3. The third-order valence-corrected chi connectivity index (χ3v) is 1.88. The van der Waals surface area contributed by atoms with Gasteiger partial charge in [-0.2, -0.15) is 0 Å². The number of halogens is 1. The number of alkyl halides is 1. The Labute approximate surface area is 83.2 Å². The molecule has 0 aliphatic carbocycles. The molecule has 4 nitrogen and oxygen atoms in total. The molecule has 0 heterocycles. The molecule has 0 fully saturated rings. The Morgan fingerprint density at radius 2 is 2.00 bits per heavy atom. The molecule has 0 radical (unpaired) electrons. The van der Waals surface area contributed by atoms with Crippen LogP contribution in [0.1, 0.15) is 12.8 Å². The third kappa shape index (κ3) is 5.47. The molecular formula is C8H15ClN2O2. The Hall–Kier alpha value is -0.770. The van der Waals surface area contributed by atoms with Crippen molar-refractivity contribution in [1.82, 2.24) is 10.2 Å². The van der Waals surface area contributed by atoms with Gasteiger partial charge in [0.2, 0.25) is 11.8 Å². The number of amides is 2. The molecule has 0 aromatic rings. The van der Waals surface area contributed by atoms with Crippen LogP contribution in [0.3, 0.4) is 0 Å². The van der Waals surface area contributed by atoms with Crippen molar-refractivity contribution in [2.75, 3.05) is 26.5 Å². The zero-order valence-electron chi connectivity index (χ0n) is 7.97. The zero-order valence-corrected chi connectivity index (χ0v) is 8.73. The number of rotatable bonds is 5. The van der Waals surface area contributed by atoms with Crippen LogP contribution in [-0.4, -0.2) is 43.2 Å². The number of carbonyl (C=O) groups is 2. The Balaban J connectivity index is 3.67. The highest BCUT2D eigenvalue weighted by atomic mass is 35.5. The Morgan fingerprint density at radius 1 is 1.38 bits per heavy atom. The first-order valence-electron chi connectivity index (χ1n) is 4.12. The minimum Gasteiger partial charge on any atom is -0.359 e. The van der Waals surface area contributed by atoms with Crippen LogP contribution in [0.15, 0.2) is 0 Å². The third-order valence-electron chi connectivity index (χ3n) is 1.69. The van der Waals surface area contributed by atoms with E-state index in [0.29, 0.717) is 25.3 Å². The van der Waals surface area contributed by atoms with Crippen LogP contribution in [0.5, 0.6) is 0 Å². The average molecular weight is 207 g/mol. The summed E-state index contributed by atoms with van der Waals surface area (Å²) in [6, 6.07) is 0. The number of nitrogens with one attached hydrogen (secondary N) is 1. The summed E-state index contributed by atoms with van der Waals surface area (Å²) < 4.78 is 0. The Morgan fingerprint density at radius 3 is 2.46 bits per heavy atom. The second-order valence-corrected chi connectivity index (χ2v) is 3.06. The first kappa shape index (κ1) is 12.2. The van der Waals surface area contributed by atoms with Crippen LogP contribution in [0.25, 0.3) is 0 Å². The van der Waals surface area contributed by atoms with Crippen molar-refractivity contribution in [3.63, 3.8) is 0 Å². The van der Waals surface area contributed by atoms with E-state index in [-0.39, 0.29) is 11.8 Å². The quantitative estimate of drug-likeness (QED) is 0.654. The van der Waals surface area contributed by atoms with E-state index in [2.05, 4.69) is 5.32 Å².